The topological polar surface area (TPSA) is 46.2 Å². The second-order valence-electron chi connectivity index (χ2n) is 1.44. The van der Waals surface area contributed by atoms with Crippen molar-refractivity contribution < 1.29 is 5.11 Å². The summed E-state index contributed by atoms with van der Waals surface area (Å²) in [7, 11) is 0. The van der Waals surface area contributed by atoms with Gasteiger partial charge in [0.05, 0.1) is 0 Å². The zero-order chi connectivity index (χ0) is 5.98. The van der Waals surface area contributed by atoms with E-state index in [1.54, 1.807) is 6.07 Å². The highest BCUT2D eigenvalue weighted by Crippen LogP contribution is 2.21. The molecule has 44 valence electrons. The predicted octanol–water partition coefficient (Wildman–Crippen LogP) is 0.912. The molecule has 0 aliphatic heterocycles. The third-order valence-corrected chi connectivity index (χ3v) is 1.76. The van der Waals surface area contributed by atoms with Crippen molar-refractivity contribution in [2.24, 2.45) is 5.73 Å². The van der Waals surface area contributed by atoms with Crippen LogP contribution in [0.5, 0.6) is 5.06 Å². The number of rotatable bonds is 1. The zero-order valence-electron chi connectivity index (χ0n) is 4.29. The molecule has 1 rings (SSSR count). The molecule has 8 heavy (non-hydrogen) atoms. The molecule has 0 aliphatic carbocycles. The average molecular weight is 129 g/mol. The van der Waals surface area contributed by atoms with Crippen molar-refractivity contribution in [2.45, 2.75) is 6.54 Å². The van der Waals surface area contributed by atoms with Crippen LogP contribution < -0.4 is 5.73 Å². The van der Waals surface area contributed by atoms with E-state index in [1.807, 2.05) is 6.07 Å². The highest BCUT2D eigenvalue weighted by Gasteiger charge is 1.92. The maximum atomic E-state index is 8.75. The van der Waals surface area contributed by atoms with Crippen molar-refractivity contribution in [3.63, 3.8) is 0 Å². The number of aromatic hydroxyl groups is 1. The molecule has 0 unspecified atom stereocenters. The van der Waals surface area contributed by atoms with Crippen LogP contribution in [0.1, 0.15) is 4.88 Å². The Hall–Kier alpha value is -0.540. The molecule has 0 saturated heterocycles. The molecule has 3 heteroatoms. The Morgan fingerprint density at radius 3 is 2.62 bits per heavy atom. The van der Waals surface area contributed by atoms with E-state index in [1.165, 1.54) is 11.3 Å². The summed E-state index contributed by atoms with van der Waals surface area (Å²) in [6.45, 7) is 0.519. The first-order valence-corrected chi connectivity index (χ1v) is 3.12. The Balaban J connectivity index is 2.84. The van der Waals surface area contributed by atoms with Gasteiger partial charge >= 0.3 is 0 Å². The fourth-order valence-electron chi connectivity index (χ4n) is 0.476. The van der Waals surface area contributed by atoms with Gasteiger partial charge in [-0.15, -0.1) is 11.3 Å². The molecule has 2 nitrogen and oxygen atoms in total. The minimum atomic E-state index is 0.338. The summed E-state index contributed by atoms with van der Waals surface area (Å²) in [5.74, 6) is 0. The van der Waals surface area contributed by atoms with Crippen LogP contribution in [-0.2, 0) is 6.54 Å². The maximum absolute atomic E-state index is 8.75. The molecule has 1 heterocycles. The quantitative estimate of drug-likeness (QED) is 0.592. The molecule has 1 aromatic rings. The minimum absolute atomic E-state index is 0.338. The number of thiophene rings is 1. The van der Waals surface area contributed by atoms with Crippen LogP contribution >= 0.6 is 11.3 Å². The van der Waals surface area contributed by atoms with Gasteiger partial charge in [0.1, 0.15) is 0 Å². The molecule has 0 radical (unpaired) electrons. The molecule has 0 bridgehead atoms. The molecule has 0 atom stereocenters. The summed E-state index contributed by atoms with van der Waals surface area (Å²) in [5, 5.41) is 9.09. The summed E-state index contributed by atoms with van der Waals surface area (Å²) >= 11 is 1.32. The molecule has 0 fully saturated rings. The molecule has 0 aromatic carbocycles. The van der Waals surface area contributed by atoms with Crippen molar-refractivity contribution in [3.05, 3.63) is 17.0 Å². The lowest BCUT2D eigenvalue weighted by Gasteiger charge is -1.80. The van der Waals surface area contributed by atoms with Crippen LogP contribution in [0, 0.1) is 0 Å². The van der Waals surface area contributed by atoms with E-state index in [0.717, 1.165) is 4.88 Å². The number of hydrogen-bond donors (Lipinski definition) is 2. The number of nitrogens with two attached hydrogens (primary N) is 1. The molecule has 0 spiro atoms. The fourth-order valence-corrected chi connectivity index (χ4v) is 1.10. The zero-order valence-corrected chi connectivity index (χ0v) is 5.11. The normalized spacial score (nSPS) is 9.62. The van der Waals surface area contributed by atoms with E-state index < -0.39 is 0 Å². The van der Waals surface area contributed by atoms with Crippen LogP contribution in [0.15, 0.2) is 12.1 Å². The third-order valence-electron chi connectivity index (χ3n) is 0.849. The van der Waals surface area contributed by atoms with E-state index in [-0.39, 0.29) is 0 Å². The Labute approximate surface area is 51.6 Å². The average Bonchev–Trinajstić information content (AvgIpc) is 2.14. The maximum Gasteiger partial charge on any atom is 0.171 e. The van der Waals surface area contributed by atoms with Crippen LogP contribution in [0.2, 0.25) is 0 Å². The van der Waals surface area contributed by atoms with Gasteiger partial charge in [-0.05, 0) is 12.1 Å². The minimum Gasteiger partial charge on any atom is -0.499 e. The molecule has 0 aliphatic rings. The molecule has 0 saturated carbocycles. The molecule has 0 amide bonds. The van der Waals surface area contributed by atoms with Gasteiger partial charge in [-0.2, -0.15) is 0 Å². The van der Waals surface area contributed by atoms with E-state index in [9.17, 15) is 0 Å². The lowest BCUT2D eigenvalue weighted by molar-refractivity contribution is 0.491. The van der Waals surface area contributed by atoms with E-state index in [0.29, 0.717) is 11.6 Å². The van der Waals surface area contributed by atoms with Crippen molar-refractivity contribution in [1.82, 2.24) is 0 Å². The van der Waals surface area contributed by atoms with Gasteiger partial charge in [0.15, 0.2) is 5.06 Å². The van der Waals surface area contributed by atoms with Gasteiger partial charge in [0.25, 0.3) is 0 Å². The second-order valence-corrected chi connectivity index (χ2v) is 2.59. The van der Waals surface area contributed by atoms with E-state index >= 15 is 0 Å². The first-order chi connectivity index (χ1) is 3.83. The van der Waals surface area contributed by atoms with Gasteiger partial charge in [-0.25, -0.2) is 0 Å². The Morgan fingerprint density at radius 1 is 1.62 bits per heavy atom. The summed E-state index contributed by atoms with van der Waals surface area (Å²) in [6, 6.07) is 3.47. The molecular formula is C5H7NOS. The summed E-state index contributed by atoms with van der Waals surface area (Å²) in [6.07, 6.45) is 0. The van der Waals surface area contributed by atoms with Crippen LogP contribution in [-0.4, -0.2) is 5.11 Å². The highest BCUT2D eigenvalue weighted by atomic mass is 32.1. The lowest BCUT2D eigenvalue weighted by atomic mass is 10.5. The van der Waals surface area contributed by atoms with Crippen molar-refractivity contribution in [1.29, 1.82) is 0 Å². The Morgan fingerprint density at radius 2 is 2.38 bits per heavy atom. The third kappa shape index (κ3) is 0.993. The summed E-state index contributed by atoms with van der Waals surface area (Å²) < 4.78 is 0. The van der Waals surface area contributed by atoms with Gasteiger partial charge < -0.3 is 10.8 Å². The van der Waals surface area contributed by atoms with Crippen molar-refractivity contribution in [3.8, 4) is 5.06 Å². The van der Waals surface area contributed by atoms with Crippen LogP contribution in [0.3, 0.4) is 0 Å². The molecule has 3 N–H and O–H groups in total. The first kappa shape index (κ1) is 5.59. The number of hydrogen-bond acceptors (Lipinski definition) is 3. The van der Waals surface area contributed by atoms with E-state index in [2.05, 4.69) is 0 Å². The largest absolute Gasteiger partial charge is 0.499 e. The molecular weight excluding hydrogens is 122 g/mol. The molecule has 1 aromatic heterocycles. The van der Waals surface area contributed by atoms with Crippen LogP contribution in [0.4, 0.5) is 0 Å². The van der Waals surface area contributed by atoms with Gasteiger partial charge in [0, 0.05) is 11.4 Å². The standard InChI is InChI=1S/C5H7NOS/c6-3-4-1-2-5(7)8-4/h1-2,7H,3,6H2. The van der Waals surface area contributed by atoms with Gasteiger partial charge in [-0.1, -0.05) is 0 Å². The smallest absolute Gasteiger partial charge is 0.171 e. The van der Waals surface area contributed by atoms with Crippen LogP contribution in [0.25, 0.3) is 0 Å². The monoisotopic (exact) mass is 129 g/mol. The Bertz CT molecular complexity index is 173. The Kier molecular flexibility index (Phi) is 1.50. The summed E-state index contributed by atoms with van der Waals surface area (Å²) in [4.78, 5) is 1.02. The second kappa shape index (κ2) is 2.15. The highest BCUT2D eigenvalue weighted by molar-refractivity contribution is 7.13. The van der Waals surface area contributed by atoms with Gasteiger partial charge in [-0.3, -0.25) is 0 Å². The SMILES string of the molecule is NCc1ccc(O)s1. The van der Waals surface area contributed by atoms with Crippen molar-refractivity contribution >= 4 is 11.3 Å². The lowest BCUT2D eigenvalue weighted by Crippen LogP contribution is -1.90. The first-order valence-electron chi connectivity index (χ1n) is 2.30. The predicted molar refractivity (Wildman–Crippen MR) is 33.9 cm³/mol. The van der Waals surface area contributed by atoms with Crippen molar-refractivity contribution in [2.75, 3.05) is 0 Å². The summed E-state index contributed by atoms with van der Waals surface area (Å²) in [5.41, 5.74) is 5.26. The van der Waals surface area contributed by atoms with Gasteiger partial charge in [0.2, 0.25) is 0 Å². The van der Waals surface area contributed by atoms with E-state index in [4.69, 9.17) is 10.8 Å². The fraction of sp³-hybridized carbons (Fsp3) is 0.200.